The summed E-state index contributed by atoms with van der Waals surface area (Å²) in [6, 6.07) is 0.0879. The lowest BCUT2D eigenvalue weighted by molar-refractivity contribution is 0.242. The molecule has 0 saturated heterocycles. The minimum absolute atomic E-state index is 0.0879. The van der Waals surface area contributed by atoms with Crippen LogP contribution in [0.25, 0.3) is 0 Å². The lowest BCUT2D eigenvalue weighted by atomic mass is 9.79. The maximum atomic E-state index is 11.2. The highest BCUT2D eigenvalue weighted by atomic mass is 35.5. The Morgan fingerprint density at radius 1 is 1.29 bits per heavy atom. The van der Waals surface area contributed by atoms with Gasteiger partial charge in [-0.3, -0.25) is 0 Å². The zero-order valence-corrected chi connectivity index (χ0v) is 10.2. The normalized spacial score (nSPS) is 34.4. The molecule has 0 aliphatic heterocycles. The maximum Gasteiger partial charge on any atom is 0.225 e. The van der Waals surface area contributed by atoms with Crippen LogP contribution in [0, 0.1) is 11.8 Å². The Bertz CT molecular complexity index is 279. The van der Waals surface area contributed by atoms with Crippen molar-refractivity contribution < 1.29 is 8.42 Å². The van der Waals surface area contributed by atoms with Crippen LogP contribution in [-0.2, 0) is 10.0 Å². The van der Waals surface area contributed by atoms with Gasteiger partial charge >= 0.3 is 0 Å². The first kappa shape index (κ1) is 12.3. The van der Waals surface area contributed by atoms with Crippen molar-refractivity contribution in [3.63, 3.8) is 0 Å². The molecule has 0 heterocycles. The molecule has 14 heavy (non-hydrogen) atoms. The fraction of sp³-hybridized carbons (Fsp3) is 1.00. The molecule has 1 rings (SSSR count). The Morgan fingerprint density at radius 3 is 2.43 bits per heavy atom. The molecule has 1 fully saturated rings. The van der Waals surface area contributed by atoms with Gasteiger partial charge in [0, 0.05) is 6.04 Å². The second-order valence-electron chi connectivity index (χ2n) is 4.31. The van der Waals surface area contributed by atoms with Gasteiger partial charge in [-0.15, -0.1) is 11.6 Å². The number of nitrogens with one attached hydrogen (secondary N) is 1. The van der Waals surface area contributed by atoms with E-state index in [-0.39, 0.29) is 11.3 Å². The average Bonchev–Trinajstić information content (AvgIpc) is 2.11. The molecule has 84 valence electrons. The van der Waals surface area contributed by atoms with Crippen molar-refractivity contribution in [1.29, 1.82) is 0 Å². The lowest BCUT2D eigenvalue weighted by Gasteiger charge is -2.32. The van der Waals surface area contributed by atoms with Gasteiger partial charge in [-0.1, -0.05) is 13.8 Å². The molecule has 0 bridgehead atoms. The van der Waals surface area contributed by atoms with Gasteiger partial charge in [0.15, 0.2) is 0 Å². The van der Waals surface area contributed by atoms with E-state index >= 15 is 0 Å². The molecular formula is C9H18ClNO2S. The van der Waals surface area contributed by atoms with E-state index in [2.05, 4.69) is 18.6 Å². The summed E-state index contributed by atoms with van der Waals surface area (Å²) in [4.78, 5) is 0. The van der Waals surface area contributed by atoms with Gasteiger partial charge in [0.1, 0.15) is 5.21 Å². The molecule has 0 aromatic carbocycles. The van der Waals surface area contributed by atoms with Gasteiger partial charge in [0.2, 0.25) is 10.0 Å². The fourth-order valence-electron chi connectivity index (χ4n) is 1.94. The molecule has 5 heteroatoms. The van der Waals surface area contributed by atoms with Crippen LogP contribution in [-0.4, -0.2) is 19.7 Å². The average molecular weight is 240 g/mol. The number of hydrogen-bond donors (Lipinski definition) is 1. The molecule has 0 aromatic rings. The van der Waals surface area contributed by atoms with Crippen LogP contribution in [0.3, 0.4) is 0 Å². The Hall–Kier alpha value is 0.200. The summed E-state index contributed by atoms with van der Waals surface area (Å²) in [6.45, 7) is 4.39. The van der Waals surface area contributed by atoms with E-state index in [1.807, 2.05) is 0 Å². The molecule has 0 spiro atoms. The van der Waals surface area contributed by atoms with Crippen molar-refractivity contribution in [1.82, 2.24) is 4.72 Å². The minimum Gasteiger partial charge on any atom is -0.211 e. The molecule has 3 atom stereocenters. The molecular weight excluding hydrogens is 222 g/mol. The highest BCUT2D eigenvalue weighted by Gasteiger charge is 2.26. The first-order valence-electron chi connectivity index (χ1n) is 5.00. The van der Waals surface area contributed by atoms with Gasteiger partial charge in [0.05, 0.1) is 0 Å². The molecule has 1 aliphatic carbocycles. The van der Waals surface area contributed by atoms with Crippen molar-refractivity contribution in [2.45, 2.75) is 39.2 Å². The van der Waals surface area contributed by atoms with Crippen LogP contribution in [0.5, 0.6) is 0 Å². The standard InChI is InChI=1S/C9H18ClNO2S/c1-7-3-4-9(5-8(7)2)11-14(12,13)6-10/h7-9,11H,3-6H2,1-2H3. The number of alkyl halides is 1. The van der Waals surface area contributed by atoms with Crippen LogP contribution in [0.4, 0.5) is 0 Å². The number of sulfonamides is 1. The van der Waals surface area contributed by atoms with E-state index in [1.165, 1.54) is 0 Å². The molecule has 0 radical (unpaired) electrons. The van der Waals surface area contributed by atoms with Gasteiger partial charge in [-0.05, 0) is 31.1 Å². The smallest absolute Gasteiger partial charge is 0.211 e. The summed E-state index contributed by atoms with van der Waals surface area (Å²) in [5, 5.41) is -0.340. The van der Waals surface area contributed by atoms with E-state index in [9.17, 15) is 8.42 Å². The van der Waals surface area contributed by atoms with E-state index in [1.54, 1.807) is 0 Å². The van der Waals surface area contributed by atoms with E-state index < -0.39 is 10.0 Å². The Balaban J connectivity index is 2.48. The predicted octanol–water partition coefficient (Wildman–Crippen LogP) is 1.93. The molecule has 3 nitrogen and oxygen atoms in total. The van der Waals surface area contributed by atoms with Gasteiger partial charge in [-0.25, -0.2) is 13.1 Å². The topological polar surface area (TPSA) is 46.2 Å². The number of rotatable bonds is 3. The first-order chi connectivity index (χ1) is 6.44. The van der Waals surface area contributed by atoms with Crippen LogP contribution >= 0.6 is 11.6 Å². The van der Waals surface area contributed by atoms with E-state index in [4.69, 9.17) is 11.6 Å². The SMILES string of the molecule is CC1CCC(NS(=O)(=O)CCl)CC1C. The van der Waals surface area contributed by atoms with Crippen molar-refractivity contribution in [2.75, 3.05) is 5.21 Å². The monoisotopic (exact) mass is 239 g/mol. The van der Waals surface area contributed by atoms with E-state index in [0.29, 0.717) is 11.8 Å². The summed E-state index contributed by atoms with van der Waals surface area (Å²) < 4.78 is 25.1. The lowest BCUT2D eigenvalue weighted by Crippen LogP contribution is -2.40. The zero-order valence-electron chi connectivity index (χ0n) is 8.66. The highest BCUT2D eigenvalue weighted by Crippen LogP contribution is 2.29. The molecule has 0 aromatic heterocycles. The van der Waals surface area contributed by atoms with Crippen molar-refractivity contribution in [3.8, 4) is 0 Å². The fourth-order valence-corrected chi connectivity index (χ4v) is 2.91. The van der Waals surface area contributed by atoms with Gasteiger partial charge < -0.3 is 0 Å². The quantitative estimate of drug-likeness (QED) is 0.765. The third-order valence-electron chi connectivity index (χ3n) is 3.09. The summed E-state index contributed by atoms with van der Waals surface area (Å²) in [5.41, 5.74) is 0. The molecule has 1 saturated carbocycles. The van der Waals surface area contributed by atoms with Crippen LogP contribution in [0.2, 0.25) is 0 Å². The molecule has 0 amide bonds. The molecule has 1 aliphatic rings. The van der Waals surface area contributed by atoms with Crippen LogP contribution in [0.1, 0.15) is 33.1 Å². The summed E-state index contributed by atoms with van der Waals surface area (Å²) in [6.07, 6.45) is 2.95. The number of halogens is 1. The Kier molecular flexibility index (Phi) is 4.22. The molecule has 3 unspecified atom stereocenters. The van der Waals surface area contributed by atoms with Crippen molar-refractivity contribution >= 4 is 21.6 Å². The van der Waals surface area contributed by atoms with E-state index in [0.717, 1.165) is 19.3 Å². The van der Waals surface area contributed by atoms with Crippen molar-refractivity contribution in [2.24, 2.45) is 11.8 Å². The second kappa shape index (κ2) is 4.81. The summed E-state index contributed by atoms with van der Waals surface area (Å²) in [7, 11) is -3.24. The Labute approximate surface area is 91.3 Å². The predicted molar refractivity (Wildman–Crippen MR) is 58.7 cm³/mol. The highest BCUT2D eigenvalue weighted by molar-refractivity contribution is 7.90. The molecule has 1 N–H and O–H groups in total. The summed E-state index contributed by atoms with van der Waals surface area (Å²) in [5.74, 6) is 1.29. The first-order valence-corrected chi connectivity index (χ1v) is 7.19. The minimum atomic E-state index is -3.24. The second-order valence-corrected chi connectivity index (χ2v) is 6.64. The van der Waals surface area contributed by atoms with Crippen LogP contribution in [0.15, 0.2) is 0 Å². The summed E-state index contributed by atoms with van der Waals surface area (Å²) >= 11 is 5.33. The van der Waals surface area contributed by atoms with Gasteiger partial charge in [-0.2, -0.15) is 0 Å². The maximum absolute atomic E-state index is 11.2. The third-order valence-corrected chi connectivity index (χ3v) is 4.93. The van der Waals surface area contributed by atoms with Crippen LogP contribution < -0.4 is 4.72 Å². The van der Waals surface area contributed by atoms with Crippen molar-refractivity contribution in [3.05, 3.63) is 0 Å². The number of hydrogen-bond acceptors (Lipinski definition) is 2. The zero-order chi connectivity index (χ0) is 10.8. The third kappa shape index (κ3) is 3.41. The van der Waals surface area contributed by atoms with Gasteiger partial charge in [0.25, 0.3) is 0 Å². The Morgan fingerprint density at radius 2 is 1.93 bits per heavy atom. The largest absolute Gasteiger partial charge is 0.225 e.